The first-order valence-corrected chi connectivity index (χ1v) is 15.6. The van der Waals surface area contributed by atoms with E-state index in [2.05, 4.69) is 129 Å². The van der Waals surface area contributed by atoms with Crippen LogP contribution in [0, 0.1) is 0 Å². The van der Waals surface area contributed by atoms with Gasteiger partial charge < -0.3 is 4.42 Å². The number of pyridine rings is 1. The Bertz CT molecular complexity index is 2530. The lowest BCUT2D eigenvalue weighted by Crippen LogP contribution is -2.10. The molecule has 0 aliphatic rings. The van der Waals surface area contributed by atoms with E-state index in [1.54, 1.807) is 0 Å². The largest absolute Gasteiger partial charge is 0.455 e. The molecule has 2 nitrogen and oxygen atoms in total. The maximum Gasteiger partial charge on any atom is 0.143 e. The summed E-state index contributed by atoms with van der Waals surface area (Å²) in [6.45, 7) is 6.87. The van der Waals surface area contributed by atoms with Gasteiger partial charge in [0, 0.05) is 34.3 Å². The van der Waals surface area contributed by atoms with Crippen molar-refractivity contribution in [2.45, 2.75) is 26.2 Å². The molecule has 0 aliphatic heterocycles. The number of rotatable bonds is 3. The fraction of sp³-hybridized carbons (Fsp3) is 0.0930. The molecule has 0 bridgehead atoms. The molecule has 0 unspecified atom stereocenters. The molecule has 0 fully saturated rings. The highest BCUT2D eigenvalue weighted by Crippen LogP contribution is 2.45. The lowest BCUT2D eigenvalue weighted by Gasteiger charge is -2.23. The van der Waals surface area contributed by atoms with Gasteiger partial charge >= 0.3 is 0 Å². The van der Waals surface area contributed by atoms with Crippen LogP contribution in [0.25, 0.3) is 87.6 Å². The molecule has 7 aromatic carbocycles. The minimum Gasteiger partial charge on any atom is -0.455 e. The van der Waals surface area contributed by atoms with Crippen molar-refractivity contribution in [2.24, 2.45) is 0 Å². The third-order valence-corrected chi connectivity index (χ3v) is 9.47. The predicted molar refractivity (Wildman–Crippen MR) is 190 cm³/mol. The average Bonchev–Trinajstić information content (AvgIpc) is 3.46. The Hall–Kier alpha value is -5.47. The molecule has 9 aromatic rings. The van der Waals surface area contributed by atoms with Crippen molar-refractivity contribution in [3.63, 3.8) is 0 Å². The van der Waals surface area contributed by atoms with Gasteiger partial charge in [-0.3, -0.25) is 4.98 Å². The third kappa shape index (κ3) is 3.99. The van der Waals surface area contributed by atoms with Gasteiger partial charge in [0.2, 0.25) is 0 Å². The zero-order valence-electron chi connectivity index (χ0n) is 25.6. The number of aromatic nitrogens is 1. The van der Waals surface area contributed by atoms with Crippen LogP contribution in [0.3, 0.4) is 0 Å². The summed E-state index contributed by atoms with van der Waals surface area (Å²) >= 11 is 0. The van der Waals surface area contributed by atoms with Crippen LogP contribution >= 0.6 is 0 Å². The Morgan fingerprint density at radius 1 is 0.511 bits per heavy atom. The molecule has 0 N–H and O–H groups in total. The standard InChI is InChI=1S/C43H31NO/c1-43(2,3)31-22-28-17-19-34-37(24-38(30-8-7-21-44-25-30)35-20-18-29(23-31)40(28)41(34)35)27-15-13-26(14-16-27)32-10-6-11-36-33-9-4-5-12-39(33)45-42(32)36/h4-25H,1-3H3. The average molecular weight is 578 g/mol. The van der Waals surface area contributed by atoms with Gasteiger partial charge in [0.25, 0.3) is 0 Å². The van der Waals surface area contributed by atoms with Gasteiger partial charge in [-0.15, -0.1) is 0 Å². The van der Waals surface area contributed by atoms with Crippen LogP contribution in [-0.4, -0.2) is 4.98 Å². The van der Waals surface area contributed by atoms with Crippen LogP contribution in [0.1, 0.15) is 26.3 Å². The molecule has 2 heteroatoms. The highest BCUT2D eigenvalue weighted by atomic mass is 16.3. The van der Waals surface area contributed by atoms with Crippen molar-refractivity contribution in [2.75, 3.05) is 0 Å². The van der Waals surface area contributed by atoms with Crippen LogP contribution in [0.5, 0.6) is 0 Å². The zero-order chi connectivity index (χ0) is 30.3. The Kier molecular flexibility index (Phi) is 5.49. The minimum atomic E-state index is 0.0743. The van der Waals surface area contributed by atoms with Gasteiger partial charge in [0.1, 0.15) is 11.2 Å². The number of fused-ring (bicyclic) bond motifs is 3. The second-order valence-corrected chi connectivity index (χ2v) is 13.2. The van der Waals surface area contributed by atoms with Gasteiger partial charge in [-0.1, -0.05) is 124 Å². The summed E-state index contributed by atoms with van der Waals surface area (Å²) in [4.78, 5) is 4.49. The lowest BCUT2D eigenvalue weighted by molar-refractivity contribution is 0.591. The highest BCUT2D eigenvalue weighted by Gasteiger charge is 2.20. The van der Waals surface area contributed by atoms with Gasteiger partial charge in [-0.05, 0) is 83.7 Å². The van der Waals surface area contributed by atoms with Crippen LogP contribution < -0.4 is 0 Å². The van der Waals surface area contributed by atoms with Crippen molar-refractivity contribution in [1.29, 1.82) is 0 Å². The number of benzene rings is 7. The van der Waals surface area contributed by atoms with Crippen LogP contribution in [0.4, 0.5) is 0 Å². The predicted octanol–water partition coefficient (Wildman–Crippen LogP) is 12.2. The molecule has 214 valence electrons. The number of para-hydroxylation sites is 2. The number of hydrogen-bond acceptors (Lipinski definition) is 2. The van der Waals surface area contributed by atoms with Crippen molar-refractivity contribution in [3.8, 4) is 33.4 Å². The maximum absolute atomic E-state index is 6.36. The van der Waals surface area contributed by atoms with E-state index in [0.29, 0.717) is 0 Å². The molecule has 9 rings (SSSR count). The molecule has 0 saturated carbocycles. The molecular weight excluding hydrogens is 546 g/mol. The summed E-state index contributed by atoms with van der Waals surface area (Å²) in [6, 6.07) is 44.2. The van der Waals surface area contributed by atoms with E-state index in [0.717, 1.165) is 38.6 Å². The summed E-state index contributed by atoms with van der Waals surface area (Å²) in [5.74, 6) is 0. The van der Waals surface area contributed by atoms with E-state index in [4.69, 9.17) is 4.42 Å². The molecule has 0 amide bonds. The van der Waals surface area contributed by atoms with Crippen molar-refractivity contribution >= 4 is 54.3 Å². The number of furan rings is 1. The Labute approximate surface area is 261 Å². The monoisotopic (exact) mass is 577 g/mol. The fourth-order valence-electron chi connectivity index (χ4n) is 7.15. The summed E-state index contributed by atoms with van der Waals surface area (Å²) in [7, 11) is 0. The zero-order valence-corrected chi connectivity index (χ0v) is 25.6. The maximum atomic E-state index is 6.36. The van der Waals surface area contributed by atoms with Crippen LogP contribution in [0.2, 0.25) is 0 Å². The van der Waals surface area contributed by atoms with Crippen LogP contribution in [-0.2, 0) is 5.41 Å². The molecule has 0 aliphatic carbocycles. The van der Waals surface area contributed by atoms with Gasteiger partial charge in [0.05, 0.1) is 0 Å². The summed E-state index contributed by atoms with van der Waals surface area (Å²) in [5, 5.41) is 10.1. The Morgan fingerprint density at radius 3 is 1.87 bits per heavy atom. The van der Waals surface area contributed by atoms with E-state index >= 15 is 0 Å². The van der Waals surface area contributed by atoms with Crippen molar-refractivity contribution in [1.82, 2.24) is 4.98 Å². The molecule has 2 heterocycles. The molecule has 45 heavy (non-hydrogen) atoms. The second kappa shape index (κ2) is 9.51. The topological polar surface area (TPSA) is 26.0 Å². The number of nitrogens with zero attached hydrogens (tertiary/aromatic N) is 1. The summed E-state index contributed by atoms with van der Waals surface area (Å²) in [6.07, 6.45) is 3.82. The normalized spacial score (nSPS) is 12.3. The summed E-state index contributed by atoms with van der Waals surface area (Å²) in [5.41, 5.74) is 10.3. The molecule has 0 radical (unpaired) electrons. The first-order valence-electron chi connectivity index (χ1n) is 15.6. The van der Waals surface area contributed by atoms with E-state index in [9.17, 15) is 0 Å². The number of hydrogen-bond donors (Lipinski definition) is 0. The third-order valence-electron chi connectivity index (χ3n) is 9.47. The van der Waals surface area contributed by atoms with Gasteiger partial charge in [-0.25, -0.2) is 0 Å². The lowest BCUT2D eigenvalue weighted by atomic mass is 9.81. The Morgan fingerprint density at radius 2 is 1.18 bits per heavy atom. The van der Waals surface area contributed by atoms with Crippen molar-refractivity contribution < 1.29 is 4.42 Å². The quantitative estimate of drug-likeness (QED) is 0.195. The second-order valence-electron chi connectivity index (χ2n) is 13.2. The molecular formula is C43H31NO. The van der Waals surface area contributed by atoms with E-state index < -0.39 is 0 Å². The first-order chi connectivity index (χ1) is 21.9. The molecule has 2 aromatic heterocycles. The van der Waals surface area contributed by atoms with Gasteiger partial charge in [0.15, 0.2) is 0 Å². The Balaban J connectivity index is 1.27. The minimum absolute atomic E-state index is 0.0743. The van der Waals surface area contributed by atoms with E-state index in [1.165, 1.54) is 54.6 Å². The van der Waals surface area contributed by atoms with Gasteiger partial charge in [-0.2, -0.15) is 0 Å². The molecule has 0 saturated heterocycles. The molecule has 0 spiro atoms. The SMILES string of the molecule is CC(C)(C)c1cc2ccc3c(-c4ccc(-c5cccc6c5oc5ccccc56)cc4)cc(-c4cccnc4)c4ccc(c1)c2c34. The summed E-state index contributed by atoms with van der Waals surface area (Å²) < 4.78 is 6.36. The smallest absolute Gasteiger partial charge is 0.143 e. The fourth-order valence-corrected chi connectivity index (χ4v) is 7.15. The van der Waals surface area contributed by atoms with E-state index in [1.807, 2.05) is 30.6 Å². The van der Waals surface area contributed by atoms with Crippen molar-refractivity contribution in [3.05, 3.63) is 139 Å². The highest BCUT2D eigenvalue weighted by molar-refractivity contribution is 6.28. The van der Waals surface area contributed by atoms with E-state index in [-0.39, 0.29) is 5.41 Å². The first kappa shape index (κ1) is 26.0. The van der Waals surface area contributed by atoms with Crippen LogP contribution in [0.15, 0.2) is 138 Å². The molecule has 0 atom stereocenters.